The predicted molar refractivity (Wildman–Crippen MR) is 99.1 cm³/mol. The van der Waals surface area contributed by atoms with E-state index >= 15 is 0 Å². The van der Waals surface area contributed by atoms with Gasteiger partial charge in [-0.25, -0.2) is 9.78 Å². The molecule has 1 aliphatic rings. The van der Waals surface area contributed by atoms with E-state index in [1.54, 1.807) is 32.9 Å². The fourth-order valence-corrected chi connectivity index (χ4v) is 3.15. The lowest BCUT2D eigenvalue weighted by molar-refractivity contribution is -0.148. The first-order valence-corrected chi connectivity index (χ1v) is 9.24. The van der Waals surface area contributed by atoms with E-state index in [0.29, 0.717) is 0 Å². The van der Waals surface area contributed by atoms with E-state index in [9.17, 15) is 22.8 Å². The van der Waals surface area contributed by atoms with Gasteiger partial charge in [-0.1, -0.05) is 12.1 Å². The van der Waals surface area contributed by atoms with Crippen molar-refractivity contribution in [3.05, 3.63) is 30.1 Å². The second-order valence-electron chi connectivity index (χ2n) is 7.86. The van der Waals surface area contributed by atoms with E-state index in [2.05, 4.69) is 4.98 Å². The van der Waals surface area contributed by atoms with Crippen LogP contribution in [0.4, 0.5) is 18.0 Å². The summed E-state index contributed by atoms with van der Waals surface area (Å²) < 4.78 is 46.4. The van der Waals surface area contributed by atoms with Gasteiger partial charge in [-0.15, -0.1) is 0 Å². The number of piperazine rings is 1. The van der Waals surface area contributed by atoms with Gasteiger partial charge < -0.3 is 19.1 Å². The first kappa shape index (κ1) is 20.9. The molecule has 1 aromatic carbocycles. The van der Waals surface area contributed by atoms with Crippen molar-refractivity contribution in [2.24, 2.45) is 0 Å². The maximum Gasteiger partial charge on any atom is 0.449 e. The molecule has 0 unspecified atom stereocenters. The number of benzene rings is 1. The molecule has 0 saturated carbocycles. The lowest BCUT2D eigenvalue weighted by Crippen LogP contribution is -2.52. The quantitative estimate of drug-likeness (QED) is 0.760. The van der Waals surface area contributed by atoms with Gasteiger partial charge in [0.2, 0.25) is 11.7 Å². The lowest BCUT2D eigenvalue weighted by Gasteiger charge is -2.35. The number of carbonyl (C=O) groups excluding carboxylic acids is 2. The number of hydrogen-bond donors (Lipinski definition) is 0. The molecule has 0 aliphatic carbocycles. The van der Waals surface area contributed by atoms with Crippen LogP contribution in [0, 0.1) is 0 Å². The smallest absolute Gasteiger partial charge is 0.444 e. The van der Waals surface area contributed by atoms with Crippen LogP contribution in [0.15, 0.2) is 24.3 Å². The summed E-state index contributed by atoms with van der Waals surface area (Å²) in [5, 5.41) is 0. The molecule has 2 heterocycles. The lowest BCUT2D eigenvalue weighted by atomic mass is 10.2. The van der Waals surface area contributed by atoms with E-state index in [0.717, 1.165) is 4.57 Å². The van der Waals surface area contributed by atoms with Gasteiger partial charge in [0.1, 0.15) is 12.1 Å². The summed E-state index contributed by atoms with van der Waals surface area (Å²) >= 11 is 0. The third-order valence-electron chi connectivity index (χ3n) is 4.49. The van der Waals surface area contributed by atoms with E-state index in [1.165, 1.54) is 21.9 Å². The molecule has 7 nitrogen and oxygen atoms in total. The molecule has 1 fully saturated rings. The Bertz CT molecular complexity index is 910. The summed E-state index contributed by atoms with van der Waals surface area (Å²) in [4.78, 5) is 31.4. The van der Waals surface area contributed by atoms with Crippen LogP contribution in [0.25, 0.3) is 11.0 Å². The van der Waals surface area contributed by atoms with E-state index in [-0.39, 0.29) is 37.2 Å². The first-order valence-electron chi connectivity index (χ1n) is 9.24. The fraction of sp³-hybridized carbons (Fsp3) is 0.526. The molecular formula is C19H23F3N4O3. The molecule has 0 spiro atoms. The fourth-order valence-electron chi connectivity index (χ4n) is 3.15. The number of hydrogen-bond acceptors (Lipinski definition) is 4. The van der Waals surface area contributed by atoms with Crippen LogP contribution in [0.1, 0.15) is 26.6 Å². The molecule has 0 bridgehead atoms. The molecule has 0 radical (unpaired) electrons. The van der Waals surface area contributed by atoms with Gasteiger partial charge in [0, 0.05) is 26.2 Å². The molecule has 29 heavy (non-hydrogen) atoms. The van der Waals surface area contributed by atoms with Crippen molar-refractivity contribution in [3.63, 3.8) is 0 Å². The average molecular weight is 412 g/mol. The summed E-state index contributed by atoms with van der Waals surface area (Å²) in [6, 6.07) is 6.18. The van der Waals surface area contributed by atoms with Crippen LogP contribution in [-0.4, -0.2) is 63.1 Å². The van der Waals surface area contributed by atoms with E-state index in [1.807, 2.05) is 0 Å². The minimum Gasteiger partial charge on any atom is -0.444 e. The normalized spacial score (nSPS) is 15.7. The highest BCUT2D eigenvalue weighted by atomic mass is 19.4. The van der Waals surface area contributed by atoms with Crippen LogP contribution in [0.3, 0.4) is 0 Å². The van der Waals surface area contributed by atoms with Crippen LogP contribution in [0.5, 0.6) is 0 Å². The molecule has 2 amide bonds. The summed E-state index contributed by atoms with van der Waals surface area (Å²) in [5.41, 5.74) is -0.191. The highest BCUT2D eigenvalue weighted by Crippen LogP contribution is 2.31. The molecule has 158 valence electrons. The number of imidazole rings is 1. The Kier molecular flexibility index (Phi) is 5.46. The number of alkyl halides is 3. The van der Waals surface area contributed by atoms with E-state index in [4.69, 9.17) is 4.74 Å². The molecule has 1 aromatic heterocycles. The zero-order chi connectivity index (χ0) is 21.4. The summed E-state index contributed by atoms with van der Waals surface area (Å²) in [6.45, 7) is 5.80. The SMILES string of the molecule is CC(C)(C)OC(=O)N1CCN(C(=O)Cn2c(C(F)(F)F)nc3ccccc32)CC1. The van der Waals surface area contributed by atoms with Gasteiger partial charge in [-0.2, -0.15) is 13.2 Å². The highest BCUT2D eigenvalue weighted by molar-refractivity contribution is 5.81. The summed E-state index contributed by atoms with van der Waals surface area (Å²) in [5.74, 6) is -1.55. The molecule has 0 N–H and O–H groups in total. The van der Waals surface area contributed by atoms with Crippen molar-refractivity contribution < 1.29 is 27.5 Å². The van der Waals surface area contributed by atoms with E-state index < -0.39 is 36.1 Å². The number of fused-ring (bicyclic) bond motifs is 1. The van der Waals surface area contributed by atoms with Crippen molar-refractivity contribution in [1.82, 2.24) is 19.4 Å². The van der Waals surface area contributed by atoms with Crippen LogP contribution < -0.4 is 0 Å². The van der Waals surface area contributed by atoms with Gasteiger partial charge in [0.15, 0.2) is 0 Å². The van der Waals surface area contributed by atoms with Gasteiger partial charge in [0.05, 0.1) is 11.0 Å². The molecular weight excluding hydrogens is 389 g/mol. The maximum atomic E-state index is 13.4. The minimum absolute atomic E-state index is 0.183. The number of nitrogens with zero attached hydrogens (tertiary/aromatic N) is 4. The molecule has 3 rings (SSSR count). The van der Waals surface area contributed by atoms with Gasteiger partial charge in [-0.05, 0) is 32.9 Å². The van der Waals surface area contributed by atoms with Crippen LogP contribution in [0.2, 0.25) is 0 Å². The van der Waals surface area contributed by atoms with Gasteiger partial charge >= 0.3 is 12.3 Å². The number of ether oxygens (including phenoxy) is 1. The average Bonchev–Trinajstić information content (AvgIpc) is 2.99. The summed E-state index contributed by atoms with van der Waals surface area (Å²) in [7, 11) is 0. The molecule has 1 saturated heterocycles. The zero-order valence-corrected chi connectivity index (χ0v) is 16.5. The van der Waals surface area contributed by atoms with Gasteiger partial charge in [0.25, 0.3) is 0 Å². The van der Waals surface area contributed by atoms with Crippen molar-refractivity contribution in [3.8, 4) is 0 Å². The number of carbonyl (C=O) groups is 2. The van der Waals surface area contributed by atoms with Crippen LogP contribution in [-0.2, 0) is 22.3 Å². The van der Waals surface area contributed by atoms with Crippen LogP contribution >= 0.6 is 0 Å². The summed E-state index contributed by atoms with van der Waals surface area (Å²) in [6.07, 6.45) is -5.14. The number of para-hydroxylation sites is 2. The Morgan fingerprint density at radius 1 is 1.03 bits per heavy atom. The number of rotatable bonds is 2. The largest absolute Gasteiger partial charge is 0.449 e. The third-order valence-corrected chi connectivity index (χ3v) is 4.49. The molecule has 0 atom stereocenters. The monoisotopic (exact) mass is 412 g/mol. The minimum atomic E-state index is -4.67. The Morgan fingerprint density at radius 2 is 1.62 bits per heavy atom. The molecule has 10 heteroatoms. The predicted octanol–water partition coefficient (Wildman–Crippen LogP) is 3.13. The number of halogens is 3. The number of aromatic nitrogens is 2. The third kappa shape index (κ3) is 4.80. The van der Waals surface area contributed by atoms with Crippen molar-refractivity contribution in [2.75, 3.05) is 26.2 Å². The highest BCUT2D eigenvalue weighted by Gasteiger charge is 2.38. The second-order valence-corrected chi connectivity index (χ2v) is 7.86. The topological polar surface area (TPSA) is 67.7 Å². The maximum absolute atomic E-state index is 13.4. The Balaban J connectivity index is 1.70. The first-order chi connectivity index (χ1) is 13.5. The zero-order valence-electron chi connectivity index (χ0n) is 16.5. The van der Waals surface area contributed by atoms with Gasteiger partial charge in [-0.3, -0.25) is 4.79 Å². The molecule has 1 aliphatic heterocycles. The Morgan fingerprint density at radius 3 is 2.21 bits per heavy atom. The van der Waals surface area contributed by atoms with Crippen molar-refractivity contribution >= 4 is 23.0 Å². The Labute approximate surface area is 166 Å². The number of amides is 2. The Hall–Kier alpha value is -2.78. The standard InChI is InChI=1S/C19H23F3N4O3/c1-18(2,3)29-17(28)25-10-8-24(9-11-25)15(27)12-26-14-7-5-4-6-13(14)23-16(26)19(20,21)22/h4-7H,8-12H2,1-3H3. The second kappa shape index (κ2) is 7.57. The van der Waals surface area contributed by atoms with Crippen molar-refractivity contribution in [1.29, 1.82) is 0 Å². The van der Waals surface area contributed by atoms with Crippen molar-refractivity contribution in [2.45, 2.75) is 39.1 Å². The molecule has 2 aromatic rings.